The highest BCUT2D eigenvalue weighted by Gasteiger charge is 2.14. The largest absolute Gasteiger partial charge is 0.493 e. The van der Waals surface area contributed by atoms with Crippen LogP contribution in [-0.4, -0.2) is 25.9 Å². The normalized spacial score (nSPS) is 11.2. The third-order valence-electron chi connectivity index (χ3n) is 3.29. The lowest BCUT2D eigenvalue weighted by atomic mass is 10.3. The smallest absolute Gasteiger partial charge is 0.335 e. The third-order valence-corrected chi connectivity index (χ3v) is 4.54. The number of aromatic amines is 1. The van der Waals surface area contributed by atoms with Crippen LogP contribution in [0.15, 0.2) is 60.1 Å². The number of halogens is 3. The second-order valence-corrected chi connectivity index (χ2v) is 7.24. The molecule has 0 saturated carbocycles. The molecule has 0 unspecified atom stereocenters. The van der Waals surface area contributed by atoms with Crippen molar-refractivity contribution in [1.82, 2.24) is 14.5 Å². The molecule has 0 atom stereocenters. The summed E-state index contributed by atoms with van der Waals surface area (Å²) in [5.41, 5.74) is -1.47. The predicted octanol–water partition coefficient (Wildman–Crippen LogP) is 3.56. The third kappa shape index (κ3) is 3.79. The molecule has 0 radical (unpaired) electrons. The van der Waals surface area contributed by atoms with Crippen LogP contribution < -0.4 is 11.2 Å². The standard InChI is InChI=1S/C16H9Br2ClN4O3/c17-8-4-12(18)13(20-6-8)21-7-11-14(24)22-16(26)23(15(11)25)10-3-1-2-9(19)5-10/h1-7,25H,(H,22,24,26)/b21-7+. The van der Waals surface area contributed by atoms with Crippen LogP contribution in [0.25, 0.3) is 5.69 Å². The van der Waals surface area contributed by atoms with Gasteiger partial charge in [0.2, 0.25) is 5.88 Å². The highest BCUT2D eigenvalue weighted by molar-refractivity contribution is 9.11. The zero-order valence-corrected chi connectivity index (χ0v) is 16.7. The number of rotatable bonds is 3. The van der Waals surface area contributed by atoms with Crippen LogP contribution in [0.3, 0.4) is 0 Å². The van der Waals surface area contributed by atoms with E-state index in [1.165, 1.54) is 12.3 Å². The molecule has 0 saturated heterocycles. The maximum atomic E-state index is 12.1. The molecule has 7 nitrogen and oxygen atoms in total. The molecule has 0 bridgehead atoms. The quantitative estimate of drug-likeness (QED) is 0.537. The monoisotopic (exact) mass is 498 g/mol. The SMILES string of the molecule is O=c1[nH]c(=O)n(-c2cccc(Cl)c2)c(O)c1/C=N/c1ncc(Br)cc1Br. The summed E-state index contributed by atoms with van der Waals surface area (Å²) in [4.78, 5) is 34.5. The molecular weight excluding hydrogens is 491 g/mol. The predicted molar refractivity (Wildman–Crippen MR) is 106 cm³/mol. The van der Waals surface area contributed by atoms with Gasteiger partial charge in [-0.05, 0) is 56.1 Å². The van der Waals surface area contributed by atoms with Gasteiger partial charge in [-0.1, -0.05) is 17.7 Å². The average Bonchev–Trinajstić information content (AvgIpc) is 2.56. The van der Waals surface area contributed by atoms with E-state index in [9.17, 15) is 14.7 Å². The van der Waals surface area contributed by atoms with Crippen molar-refractivity contribution in [1.29, 1.82) is 0 Å². The fourth-order valence-electron chi connectivity index (χ4n) is 2.14. The summed E-state index contributed by atoms with van der Waals surface area (Å²) in [6.45, 7) is 0. The van der Waals surface area contributed by atoms with E-state index in [0.717, 1.165) is 15.3 Å². The van der Waals surface area contributed by atoms with Crippen molar-refractivity contribution in [3.63, 3.8) is 0 Å². The van der Waals surface area contributed by atoms with Gasteiger partial charge in [0.15, 0.2) is 5.82 Å². The minimum absolute atomic E-state index is 0.193. The maximum absolute atomic E-state index is 12.1. The van der Waals surface area contributed by atoms with Crippen molar-refractivity contribution in [3.05, 3.63) is 76.9 Å². The van der Waals surface area contributed by atoms with Crippen LogP contribution in [0.4, 0.5) is 5.82 Å². The van der Waals surface area contributed by atoms with E-state index in [-0.39, 0.29) is 5.56 Å². The Morgan fingerprint density at radius 3 is 2.73 bits per heavy atom. The first-order valence-electron chi connectivity index (χ1n) is 7.06. The van der Waals surface area contributed by atoms with E-state index in [2.05, 4.69) is 46.8 Å². The lowest BCUT2D eigenvalue weighted by Crippen LogP contribution is -2.31. The van der Waals surface area contributed by atoms with Gasteiger partial charge < -0.3 is 5.11 Å². The van der Waals surface area contributed by atoms with Gasteiger partial charge in [-0.3, -0.25) is 9.78 Å². The fraction of sp³-hybridized carbons (Fsp3) is 0. The lowest BCUT2D eigenvalue weighted by Gasteiger charge is -2.09. The van der Waals surface area contributed by atoms with E-state index < -0.39 is 17.1 Å². The molecule has 132 valence electrons. The fourth-order valence-corrected chi connectivity index (χ4v) is 3.41. The van der Waals surface area contributed by atoms with Gasteiger partial charge in [-0.15, -0.1) is 0 Å². The Balaban J connectivity index is 2.14. The Kier molecular flexibility index (Phi) is 5.40. The molecule has 0 aliphatic heterocycles. The summed E-state index contributed by atoms with van der Waals surface area (Å²) < 4.78 is 2.26. The Morgan fingerprint density at radius 1 is 1.27 bits per heavy atom. The van der Waals surface area contributed by atoms with Crippen LogP contribution in [0.2, 0.25) is 5.02 Å². The minimum Gasteiger partial charge on any atom is -0.493 e. The van der Waals surface area contributed by atoms with Gasteiger partial charge in [0, 0.05) is 21.9 Å². The van der Waals surface area contributed by atoms with E-state index >= 15 is 0 Å². The Hall–Kier alpha value is -2.23. The van der Waals surface area contributed by atoms with Crippen molar-refractivity contribution in [2.24, 2.45) is 4.99 Å². The molecule has 0 spiro atoms. The van der Waals surface area contributed by atoms with Crippen LogP contribution in [0.1, 0.15) is 5.56 Å². The number of H-pyrrole nitrogens is 1. The van der Waals surface area contributed by atoms with E-state index in [1.54, 1.807) is 24.3 Å². The first-order valence-corrected chi connectivity index (χ1v) is 9.02. The summed E-state index contributed by atoms with van der Waals surface area (Å²) >= 11 is 12.5. The van der Waals surface area contributed by atoms with Crippen molar-refractivity contribution in [2.75, 3.05) is 0 Å². The summed E-state index contributed by atoms with van der Waals surface area (Å²) in [5.74, 6) is -0.259. The second-order valence-electron chi connectivity index (χ2n) is 5.03. The molecule has 2 heterocycles. The molecule has 0 aliphatic rings. The van der Waals surface area contributed by atoms with Crippen molar-refractivity contribution < 1.29 is 5.11 Å². The molecule has 2 aromatic heterocycles. The molecule has 0 amide bonds. The van der Waals surface area contributed by atoms with Crippen molar-refractivity contribution in [3.8, 4) is 11.6 Å². The van der Waals surface area contributed by atoms with E-state index in [0.29, 0.717) is 21.0 Å². The average molecular weight is 501 g/mol. The molecule has 10 heteroatoms. The topological polar surface area (TPSA) is 100 Å². The molecule has 3 aromatic rings. The van der Waals surface area contributed by atoms with Crippen molar-refractivity contribution in [2.45, 2.75) is 0 Å². The molecule has 26 heavy (non-hydrogen) atoms. The molecule has 0 fully saturated rings. The minimum atomic E-state index is -0.796. The van der Waals surface area contributed by atoms with Gasteiger partial charge in [-0.25, -0.2) is 19.3 Å². The number of pyridine rings is 1. The number of nitrogens with one attached hydrogen (secondary N) is 1. The Bertz CT molecular complexity index is 1140. The molecule has 2 N–H and O–H groups in total. The number of aromatic nitrogens is 3. The van der Waals surface area contributed by atoms with Crippen LogP contribution >= 0.6 is 43.5 Å². The molecule has 0 aliphatic carbocycles. The number of hydrogen-bond donors (Lipinski definition) is 2. The summed E-state index contributed by atoms with van der Waals surface area (Å²) in [5, 5.41) is 10.8. The summed E-state index contributed by atoms with van der Waals surface area (Å²) in [7, 11) is 0. The van der Waals surface area contributed by atoms with Gasteiger partial charge in [0.05, 0.1) is 10.2 Å². The number of nitrogens with zero attached hydrogens (tertiary/aromatic N) is 3. The summed E-state index contributed by atoms with van der Waals surface area (Å²) in [6.07, 6.45) is 2.67. The van der Waals surface area contributed by atoms with Gasteiger partial charge >= 0.3 is 5.69 Å². The highest BCUT2D eigenvalue weighted by Crippen LogP contribution is 2.26. The lowest BCUT2D eigenvalue weighted by molar-refractivity contribution is 0.430. The van der Waals surface area contributed by atoms with Crippen LogP contribution in [0, 0.1) is 0 Å². The first-order chi connectivity index (χ1) is 12.4. The van der Waals surface area contributed by atoms with Crippen LogP contribution in [0.5, 0.6) is 5.88 Å². The van der Waals surface area contributed by atoms with Crippen molar-refractivity contribution >= 4 is 55.5 Å². The Morgan fingerprint density at radius 2 is 2.04 bits per heavy atom. The van der Waals surface area contributed by atoms with E-state index in [4.69, 9.17) is 11.6 Å². The molecule has 3 rings (SSSR count). The zero-order valence-electron chi connectivity index (χ0n) is 12.8. The zero-order chi connectivity index (χ0) is 18.8. The first kappa shape index (κ1) is 18.6. The van der Waals surface area contributed by atoms with Gasteiger partial charge in [0.1, 0.15) is 5.56 Å². The van der Waals surface area contributed by atoms with Gasteiger partial charge in [-0.2, -0.15) is 0 Å². The van der Waals surface area contributed by atoms with Gasteiger partial charge in [0.25, 0.3) is 5.56 Å². The number of aromatic hydroxyl groups is 1. The summed E-state index contributed by atoms with van der Waals surface area (Å²) in [6, 6.07) is 8.02. The maximum Gasteiger partial charge on any atom is 0.335 e. The molecular formula is C16H9Br2ClN4O3. The Labute approximate surface area is 168 Å². The highest BCUT2D eigenvalue weighted by atomic mass is 79.9. The number of aliphatic imine (C=N–C) groups is 1. The number of hydrogen-bond acceptors (Lipinski definition) is 5. The number of benzene rings is 1. The van der Waals surface area contributed by atoms with E-state index in [1.807, 2.05) is 0 Å². The van der Waals surface area contributed by atoms with Crippen LogP contribution in [-0.2, 0) is 0 Å². The molecule has 1 aromatic carbocycles. The second kappa shape index (κ2) is 7.56.